The number of allylic oxidation sites excluding steroid dienone is 1. The van der Waals surface area contributed by atoms with Gasteiger partial charge >= 0.3 is 0 Å². The van der Waals surface area contributed by atoms with E-state index in [1.54, 1.807) is 0 Å². The van der Waals surface area contributed by atoms with Crippen LogP contribution in [0.4, 0.5) is 0 Å². The molecule has 0 saturated heterocycles. The highest BCUT2D eigenvalue weighted by atomic mass is 79.9. The lowest BCUT2D eigenvalue weighted by Gasteiger charge is -2.12. The van der Waals surface area contributed by atoms with Gasteiger partial charge in [0.05, 0.1) is 0 Å². The maximum atomic E-state index is 3.73. The van der Waals surface area contributed by atoms with E-state index in [0.717, 1.165) is 6.42 Å². The minimum atomic E-state index is 1.05. The maximum Gasteiger partial charge on any atom is 0.0285 e. The second-order valence-electron chi connectivity index (χ2n) is 4.41. The van der Waals surface area contributed by atoms with Crippen molar-refractivity contribution < 1.29 is 0 Å². The van der Waals surface area contributed by atoms with Gasteiger partial charge in [-0.15, -0.1) is 0 Å². The van der Waals surface area contributed by atoms with Gasteiger partial charge in [-0.2, -0.15) is 0 Å². The number of benzene rings is 2. The highest BCUT2D eigenvalue weighted by Crippen LogP contribution is 2.37. The van der Waals surface area contributed by atoms with E-state index < -0.39 is 0 Å². The monoisotopic (exact) mass is 284 g/mol. The minimum absolute atomic E-state index is 1.05. The van der Waals surface area contributed by atoms with Gasteiger partial charge in [-0.1, -0.05) is 42.5 Å². The summed E-state index contributed by atoms with van der Waals surface area (Å²) in [5, 5.41) is 0. The van der Waals surface area contributed by atoms with Crippen LogP contribution in [0.25, 0.3) is 17.2 Å². The predicted molar refractivity (Wildman–Crippen MR) is 77.1 cm³/mol. The molecule has 84 valence electrons. The van der Waals surface area contributed by atoms with E-state index >= 15 is 0 Å². The van der Waals surface area contributed by atoms with Gasteiger partial charge in [0.25, 0.3) is 0 Å². The van der Waals surface area contributed by atoms with Crippen LogP contribution in [0.5, 0.6) is 0 Å². The van der Waals surface area contributed by atoms with E-state index in [-0.39, 0.29) is 0 Å². The van der Waals surface area contributed by atoms with E-state index in [9.17, 15) is 0 Å². The average molecular weight is 285 g/mol. The quantitative estimate of drug-likeness (QED) is 0.692. The van der Waals surface area contributed by atoms with Crippen LogP contribution < -0.4 is 0 Å². The van der Waals surface area contributed by atoms with Crippen molar-refractivity contribution in [2.75, 3.05) is 0 Å². The molecule has 2 aromatic rings. The molecule has 0 fully saturated rings. The molecule has 0 radical (unpaired) electrons. The van der Waals surface area contributed by atoms with Gasteiger partial charge in [0, 0.05) is 4.47 Å². The molecule has 0 nitrogen and oxygen atoms in total. The Morgan fingerprint density at radius 3 is 2.65 bits per heavy atom. The molecule has 0 saturated carbocycles. The summed E-state index contributed by atoms with van der Waals surface area (Å²) in [5.41, 5.74) is 6.71. The first kappa shape index (κ1) is 10.8. The van der Waals surface area contributed by atoms with Gasteiger partial charge in [-0.3, -0.25) is 0 Å². The van der Waals surface area contributed by atoms with Crippen molar-refractivity contribution in [3.8, 4) is 11.1 Å². The highest BCUT2D eigenvalue weighted by Gasteiger charge is 2.14. The number of hydrogen-bond donors (Lipinski definition) is 0. The van der Waals surface area contributed by atoms with E-state index in [0.29, 0.717) is 0 Å². The lowest BCUT2D eigenvalue weighted by atomic mass is 9.95. The molecule has 0 atom stereocenters. The molecule has 0 amide bonds. The summed E-state index contributed by atoms with van der Waals surface area (Å²) < 4.78 is 1.24. The van der Waals surface area contributed by atoms with Crippen molar-refractivity contribution >= 4 is 22.0 Å². The van der Waals surface area contributed by atoms with Crippen LogP contribution in [0.15, 0.2) is 46.9 Å². The van der Waals surface area contributed by atoms with E-state index in [1.165, 1.54) is 32.3 Å². The molecular formula is C16H13Br. The summed E-state index contributed by atoms with van der Waals surface area (Å²) in [4.78, 5) is 0. The molecule has 0 N–H and O–H groups in total. The van der Waals surface area contributed by atoms with Crippen LogP contribution in [0, 0.1) is 6.92 Å². The number of rotatable bonds is 1. The summed E-state index contributed by atoms with van der Waals surface area (Å²) >= 11 is 3.73. The van der Waals surface area contributed by atoms with E-state index in [2.05, 4.69) is 71.4 Å². The number of hydrogen-bond acceptors (Lipinski definition) is 0. The second kappa shape index (κ2) is 4.15. The normalized spacial score (nSPS) is 12.8. The molecule has 2 aromatic carbocycles. The molecule has 0 heterocycles. The Bertz CT molecular complexity index is 595. The fourth-order valence-corrected chi connectivity index (χ4v) is 2.99. The third kappa shape index (κ3) is 1.75. The van der Waals surface area contributed by atoms with E-state index in [4.69, 9.17) is 0 Å². The largest absolute Gasteiger partial charge is 0.0795 e. The van der Waals surface area contributed by atoms with Gasteiger partial charge in [-0.05, 0) is 63.2 Å². The molecule has 1 aliphatic rings. The Hall–Kier alpha value is -1.34. The van der Waals surface area contributed by atoms with Crippen LogP contribution in [-0.2, 0) is 6.42 Å². The first-order valence-corrected chi connectivity index (χ1v) is 6.60. The Labute approximate surface area is 110 Å². The van der Waals surface area contributed by atoms with Crippen molar-refractivity contribution in [3.63, 3.8) is 0 Å². The van der Waals surface area contributed by atoms with Gasteiger partial charge in [0.15, 0.2) is 0 Å². The Balaban J connectivity index is 2.24. The van der Waals surface area contributed by atoms with Crippen molar-refractivity contribution in [3.05, 3.63) is 63.6 Å². The maximum absolute atomic E-state index is 3.73. The minimum Gasteiger partial charge on any atom is -0.0795 e. The SMILES string of the molecule is Cc1c(-c2ccccc2)cc2c(c1Br)C=CC2. The zero-order valence-electron chi connectivity index (χ0n) is 9.70. The van der Waals surface area contributed by atoms with Gasteiger partial charge in [0.1, 0.15) is 0 Å². The summed E-state index contributed by atoms with van der Waals surface area (Å²) in [5.74, 6) is 0. The standard InChI is InChI=1S/C16H13Br/c1-11-15(12-6-3-2-4-7-12)10-13-8-5-9-14(13)16(11)17/h2-7,9-10H,8H2,1H3. The van der Waals surface area contributed by atoms with Crippen LogP contribution >= 0.6 is 15.9 Å². The lowest BCUT2D eigenvalue weighted by Crippen LogP contribution is -1.91. The van der Waals surface area contributed by atoms with Crippen molar-refractivity contribution in [2.24, 2.45) is 0 Å². The first-order chi connectivity index (χ1) is 8.27. The van der Waals surface area contributed by atoms with Gasteiger partial charge in [-0.25, -0.2) is 0 Å². The first-order valence-electron chi connectivity index (χ1n) is 5.81. The second-order valence-corrected chi connectivity index (χ2v) is 5.20. The van der Waals surface area contributed by atoms with Crippen molar-refractivity contribution in [2.45, 2.75) is 13.3 Å². The van der Waals surface area contributed by atoms with Crippen molar-refractivity contribution in [1.29, 1.82) is 0 Å². The average Bonchev–Trinajstić information content (AvgIpc) is 2.83. The third-order valence-corrected chi connectivity index (χ3v) is 4.36. The molecular weight excluding hydrogens is 272 g/mol. The Morgan fingerprint density at radius 2 is 1.88 bits per heavy atom. The zero-order chi connectivity index (χ0) is 11.8. The fraction of sp³-hybridized carbons (Fsp3) is 0.125. The molecule has 0 spiro atoms. The van der Waals surface area contributed by atoms with Crippen LogP contribution in [0.2, 0.25) is 0 Å². The van der Waals surface area contributed by atoms with E-state index in [1.807, 2.05) is 0 Å². The third-order valence-electron chi connectivity index (χ3n) is 3.34. The predicted octanol–water partition coefficient (Wildman–Crippen LogP) is 4.99. The summed E-state index contributed by atoms with van der Waals surface area (Å²) in [6.45, 7) is 2.18. The Morgan fingerprint density at radius 1 is 1.12 bits per heavy atom. The highest BCUT2D eigenvalue weighted by molar-refractivity contribution is 9.10. The fourth-order valence-electron chi connectivity index (χ4n) is 2.39. The van der Waals surface area contributed by atoms with Crippen LogP contribution in [0.1, 0.15) is 16.7 Å². The molecule has 0 unspecified atom stereocenters. The Kier molecular flexibility index (Phi) is 2.64. The summed E-state index contributed by atoms with van der Waals surface area (Å²) in [6.07, 6.45) is 5.48. The molecule has 0 bridgehead atoms. The number of fused-ring (bicyclic) bond motifs is 1. The molecule has 0 aliphatic heterocycles. The molecule has 0 aromatic heterocycles. The molecule has 1 aliphatic carbocycles. The smallest absolute Gasteiger partial charge is 0.0285 e. The van der Waals surface area contributed by atoms with Crippen LogP contribution in [0.3, 0.4) is 0 Å². The topological polar surface area (TPSA) is 0 Å². The van der Waals surface area contributed by atoms with Gasteiger partial charge in [0.2, 0.25) is 0 Å². The zero-order valence-corrected chi connectivity index (χ0v) is 11.3. The van der Waals surface area contributed by atoms with Gasteiger partial charge < -0.3 is 0 Å². The molecule has 1 heteroatoms. The lowest BCUT2D eigenvalue weighted by molar-refractivity contribution is 1.28. The van der Waals surface area contributed by atoms with Crippen LogP contribution in [-0.4, -0.2) is 0 Å². The molecule has 3 rings (SSSR count). The number of halogens is 1. The summed E-state index contributed by atoms with van der Waals surface area (Å²) in [7, 11) is 0. The van der Waals surface area contributed by atoms with Crippen molar-refractivity contribution in [1.82, 2.24) is 0 Å². The summed E-state index contributed by atoms with van der Waals surface area (Å²) in [6, 6.07) is 12.9. The molecule has 17 heavy (non-hydrogen) atoms.